The lowest BCUT2D eigenvalue weighted by Crippen LogP contribution is -3.13. The highest BCUT2D eigenvalue weighted by molar-refractivity contribution is 5.30. The van der Waals surface area contributed by atoms with Gasteiger partial charge in [-0.15, -0.1) is 0 Å². The summed E-state index contributed by atoms with van der Waals surface area (Å²) < 4.78 is 5.96. The molecule has 0 bridgehead atoms. The van der Waals surface area contributed by atoms with Gasteiger partial charge in [-0.3, -0.25) is 0 Å². The highest BCUT2D eigenvalue weighted by Crippen LogP contribution is 2.25. The van der Waals surface area contributed by atoms with Gasteiger partial charge >= 0.3 is 0 Å². The monoisotopic (exact) mass is 290 g/mol. The second kappa shape index (κ2) is 7.92. The molecular formula is C18H30N2O+2. The van der Waals surface area contributed by atoms with E-state index in [0.717, 1.165) is 19.6 Å². The van der Waals surface area contributed by atoms with E-state index in [1.807, 2.05) is 4.90 Å². The number of nitrogens with one attached hydrogen (secondary N) is 1. The molecule has 2 heterocycles. The van der Waals surface area contributed by atoms with Gasteiger partial charge in [0.15, 0.2) is 0 Å². The number of hydrogen-bond acceptors (Lipinski definition) is 1. The smallest absolute Gasteiger partial charge is 0.131 e. The second-order valence-corrected chi connectivity index (χ2v) is 6.54. The zero-order valence-electron chi connectivity index (χ0n) is 13.2. The van der Waals surface area contributed by atoms with Crippen LogP contribution in [0, 0.1) is 0 Å². The largest absolute Gasteiger partial charge is 0.367 e. The Labute approximate surface area is 128 Å². The highest BCUT2D eigenvalue weighted by Gasteiger charge is 2.21. The van der Waals surface area contributed by atoms with Gasteiger partial charge in [0.25, 0.3) is 0 Å². The first kappa shape index (κ1) is 15.0. The molecule has 0 amide bonds. The van der Waals surface area contributed by atoms with Crippen molar-refractivity contribution in [2.45, 2.75) is 38.2 Å². The third kappa shape index (κ3) is 4.29. The van der Waals surface area contributed by atoms with E-state index in [1.54, 1.807) is 0 Å². The van der Waals surface area contributed by atoms with Gasteiger partial charge in [0, 0.05) is 6.42 Å². The summed E-state index contributed by atoms with van der Waals surface area (Å²) in [5.41, 5.74) is 2.90. The number of rotatable bonds is 6. The quantitative estimate of drug-likeness (QED) is 0.727. The van der Waals surface area contributed by atoms with Crippen molar-refractivity contribution in [3.8, 4) is 0 Å². The van der Waals surface area contributed by atoms with E-state index in [1.165, 1.54) is 63.0 Å². The van der Waals surface area contributed by atoms with Crippen LogP contribution in [-0.4, -0.2) is 39.3 Å². The first-order valence-corrected chi connectivity index (χ1v) is 8.78. The Morgan fingerprint density at radius 2 is 2.00 bits per heavy atom. The average molecular weight is 290 g/mol. The van der Waals surface area contributed by atoms with Crippen LogP contribution in [0.4, 0.5) is 0 Å². The van der Waals surface area contributed by atoms with E-state index in [4.69, 9.17) is 4.74 Å². The first-order chi connectivity index (χ1) is 10.4. The summed E-state index contributed by atoms with van der Waals surface area (Å²) >= 11 is 0. The molecule has 3 rings (SSSR count). The van der Waals surface area contributed by atoms with Crippen molar-refractivity contribution in [3.05, 3.63) is 35.4 Å². The van der Waals surface area contributed by atoms with Crippen LogP contribution in [0.5, 0.6) is 0 Å². The summed E-state index contributed by atoms with van der Waals surface area (Å²) in [7, 11) is 0. The number of quaternary nitrogens is 2. The van der Waals surface area contributed by atoms with Crippen LogP contribution in [0.2, 0.25) is 0 Å². The van der Waals surface area contributed by atoms with Crippen molar-refractivity contribution in [2.75, 3.05) is 39.3 Å². The second-order valence-electron chi connectivity index (χ2n) is 6.54. The molecule has 3 nitrogen and oxygen atoms in total. The Balaban J connectivity index is 1.36. The Kier molecular flexibility index (Phi) is 5.67. The maximum atomic E-state index is 5.96. The molecule has 0 unspecified atom stereocenters. The number of benzene rings is 1. The SMILES string of the molecule is c1ccc2c(c1)CCO[C@@H]2C[NH2+]CCC[NH+]1CCCCC1. The first-order valence-electron chi connectivity index (χ1n) is 8.78. The summed E-state index contributed by atoms with van der Waals surface area (Å²) in [5, 5.41) is 2.45. The fraction of sp³-hybridized carbons (Fsp3) is 0.667. The zero-order chi connectivity index (χ0) is 14.3. The van der Waals surface area contributed by atoms with Crippen molar-refractivity contribution in [3.63, 3.8) is 0 Å². The molecule has 1 saturated heterocycles. The normalized spacial score (nSPS) is 23.0. The molecule has 3 heteroatoms. The van der Waals surface area contributed by atoms with E-state index in [9.17, 15) is 0 Å². The molecule has 1 fully saturated rings. The molecule has 0 aromatic heterocycles. The van der Waals surface area contributed by atoms with Crippen LogP contribution in [0.1, 0.15) is 42.9 Å². The molecule has 1 aromatic carbocycles. The molecular weight excluding hydrogens is 260 g/mol. The van der Waals surface area contributed by atoms with Gasteiger partial charge in [0.2, 0.25) is 0 Å². The minimum Gasteiger partial charge on any atom is -0.367 e. The summed E-state index contributed by atoms with van der Waals surface area (Å²) in [6.07, 6.45) is 7.04. The highest BCUT2D eigenvalue weighted by atomic mass is 16.5. The molecule has 2 aliphatic rings. The van der Waals surface area contributed by atoms with Crippen molar-refractivity contribution >= 4 is 0 Å². The molecule has 3 N–H and O–H groups in total. The number of ether oxygens (including phenoxy) is 1. The van der Waals surface area contributed by atoms with Gasteiger partial charge in [-0.2, -0.15) is 0 Å². The van der Waals surface area contributed by atoms with Gasteiger partial charge in [0.05, 0.1) is 32.8 Å². The van der Waals surface area contributed by atoms with Crippen LogP contribution >= 0.6 is 0 Å². The predicted molar refractivity (Wildman–Crippen MR) is 84.5 cm³/mol. The summed E-state index contributed by atoms with van der Waals surface area (Å²) in [4.78, 5) is 1.83. The topological polar surface area (TPSA) is 30.3 Å². The minimum atomic E-state index is 0.303. The summed E-state index contributed by atoms with van der Waals surface area (Å²) in [6, 6.07) is 8.78. The number of nitrogens with two attached hydrogens (primary N) is 1. The average Bonchev–Trinajstić information content (AvgIpc) is 2.56. The lowest BCUT2D eigenvalue weighted by atomic mass is 9.97. The van der Waals surface area contributed by atoms with Crippen molar-refractivity contribution in [1.82, 2.24) is 0 Å². The molecule has 0 radical (unpaired) electrons. The summed E-state index contributed by atoms with van der Waals surface area (Å²) in [6.45, 7) is 7.36. The van der Waals surface area contributed by atoms with Crippen LogP contribution in [0.3, 0.4) is 0 Å². The van der Waals surface area contributed by atoms with Crippen LogP contribution in [0.15, 0.2) is 24.3 Å². The number of hydrogen-bond donors (Lipinski definition) is 2. The standard InChI is InChI=1S/C18H28N2O/c1-4-11-20(12-5-1)13-6-10-19-15-18-17-8-3-2-7-16(17)9-14-21-18/h2-3,7-8,18-19H,1,4-6,9-15H2/p+2/t18-/m1/s1. The van der Waals surface area contributed by atoms with E-state index in [-0.39, 0.29) is 0 Å². The molecule has 21 heavy (non-hydrogen) atoms. The third-order valence-corrected chi connectivity index (χ3v) is 4.97. The van der Waals surface area contributed by atoms with E-state index in [0.29, 0.717) is 6.10 Å². The van der Waals surface area contributed by atoms with Crippen molar-refractivity contribution in [2.24, 2.45) is 0 Å². The predicted octanol–water partition coefficient (Wildman–Crippen LogP) is 0.323. The van der Waals surface area contributed by atoms with E-state index in [2.05, 4.69) is 29.6 Å². The molecule has 0 spiro atoms. The Morgan fingerprint density at radius 1 is 1.14 bits per heavy atom. The van der Waals surface area contributed by atoms with Gasteiger partial charge < -0.3 is 15.0 Å². The zero-order valence-corrected chi connectivity index (χ0v) is 13.2. The maximum absolute atomic E-state index is 5.96. The Bertz CT molecular complexity index is 429. The van der Waals surface area contributed by atoms with E-state index < -0.39 is 0 Å². The number of piperidine rings is 1. The summed E-state index contributed by atoms with van der Waals surface area (Å²) in [5.74, 6) is 0. The van der Waals surface area contributed by atoms with Crippen LogP contribution < -0.4 is 10.2 Å². The Hall–Kier alpha value is -0.900. The molecule has 0 saturated carbocycles. The van der Waals surface area contributed by atoms with Crippen molar-refractivity contribution in [1.29, 1.82) is 0 Å². The molecule has 1 aromatic rings. The molecule has 2 aliphatic heterocycles. The third-order valence-electron chi connectivity index (χ3n) is 4.97. The van der Waals surface area contributed by atoms with Crippen LogP contribution in [-0.2, 0) is 11.2 Å². The fourth-order valence-corrected chi connectivity index (χ4v) is 3.74. The molecule has 116 valence electrons. The fourth-order valence-electron chi connectivity index (χ4n) is 3.74. The minimum absolute atomic E-state index is 0.303. The van der Waals surface area contributed by atoms with Crippen molar-refractivity contribution < 1.29 is 15.0 Å². The van der Waals surface area contributed by atoms with Gasteiger partial charge in [-0.05, 0) is 36.8 Å². The number of likely N-dealkylation sites (tertiary alicyclic amines) is 1. The number of fused-ring (bicyclic) bond motifs is 1. The van der Waals surface area contributed by atoms with Crippen LogP contribution in [0.25, 0.3) is 0 Å². The maximum Gasteiger partial charge on any atom is 0.131 e. The lowest BCUT2D eigenvalue weighted by molar-refractivity contribution is -0.906. The van der Waals surface area contributed by atoms with Gasteiger partial charge in [0.1, 0.15) is 12.6 Å². The molecule has 1 atom stereocenters. The van der Waals surface area contributed by atoms with Gasteiger partial charge in [-0.25, -0.2) is 0 Å². The van der Waals surface area contributed by atoms with Gasteiger partial charge in [-0.1, -0.05) is 24.3 Å². The molecule has 0 aliphatic carbocycles. The Morgan fingerprint density at radius 3 is 2.90 bits per heavy atom. The van der Waals surface area contributed by atoms with E-state index >= 15 is 0 Å². The lowest BCUT2D eigenvalue weighted by Gasteiger charge is -2.25.